The third-order valence-corrected chi connectivity index (χ3v) is 6.25. The molecule has 0 aliphatic heterocycles. The predicted octanol–water partition coefficient (Wildman–Crippen LogP) is 4.83. The number of hydrogen-bond acceptors (Lipinski definition) is 7. The van der Waals surface area contributed by atoms with Gasteiger partial charge in [-0.1, -0.05) is 47.7 Å². The van der Waals surface area contributed by atoms with Crippen molar-refractivity contribution in [2.24, 2.45) is 0 Å². The molecule has 2 aromatic carbocycles. The monoisotopic (exact) mass is 423 g/mol. The average Bonchev–Trinajstić information content (AvgIpc) is 3.29. The molecule has 0 spiro atoms. The molecule has 146 valence electrons. The van der Waals surface area contributed by atoms with Gasteiger partial charge in [0.05, 0.1) is 15.9 Å². The first-order chi connectivity index (χ1) is 14.0. The van der Waals surface area contributed by atoms with Crippen LogP contribution in [0.4, 0.5) is 5.13 Å². The van der Waals surface area contributed by atoms with E-state index in [1.807, 2.05) is 55.5 Å². The standard InChI is InChI=1S/C21H17N3O3S2/c1-12-8-9-15-16(10-12)28-21(23-15)24-17(25)11-27-20(26)18-13(2)22-19(29-18)14-6-4-3-5-7-14/h3-10H,11H2,1-2H3,(H,23,24,25). The van der Waals surface area contributed by atoms with E-state index in [2.05, 4.69) is 15.3 Å². The Morgan fingerprint density at radius 2 is 1.83 bits per heavy atom. The van der Waals surface area contributed by atoms with Gasteiger partial charge in [0.25, 0.3) is 5.91 Å². The molecule has 0 aliphatic carbocycles. The van der Waals surface area contributed by atoms with Gasteiger partial charge in [-0.25, -0.2) is 14.8 Å². The van der Waals surface area contributed by atoms with E-state index in [0.717, 1.165) is 26.4 Å². The Hall–Kier alpha value is -3.10. The third-order valence-electron chi connectivity index (χ3n) is 4.13. The molecule has 8 heteroatoms. The summed E-state index contributed by atoms with van der Waals surface area (Å²) in [7, 11) is 0. The van der Waals surface area contributed by atoms with Crippen LogP contribution in [0.2, 0.25) is 0 Å². The van der Waals surface area contributed by atoms with E-state index in [0.29, 0.717) is 15.7 Å². The molecule has 6 nitrogen and oxygen atoms in total. The lowest BCUT2D eigenvalue weighted by atomic mass is 10.2. The summed E-state index contributed by atoms with van der Waals surface area (Å²) in [6, 6.07) is 15.5. The van der Waals surface area contributed by atoms with Crippen LogP contribution in [0, 0.1) is 13.8 Å². The van der Waals surface area contributed by atoms with Gasteiger partial charge >= 0.3 is 5.97 Å². The second-order valence-electron chi connectivity index (χ2n) is 6.41. The van der Waals surface area contributed by atoms with Crippen LogP contribution in [0.3, 0.4) is 0 Å². The van der Waals surface area contributed by atoms with Gasteiger partial charge in [0.2, 0.25) is 0 Å². The van der Waals surface area contributed by atoms with Gasteiger partial charge < -0.3 is 4.74 Å². The predicted molar refractivity (Wildman–Crippen MR) is 116 cm³/mol. The van der Waals surface area contributed by atoms with Gasteiger partial charge in [0.1, 0.15) is 9.88 Å². The number of benzene rings is 2. The Morgan fingerprint density at radius 1 is 1.03 bits per heavy atom. The van der Waals surface area contributed by atoms with E-state index in [9.17, 15) is 9.59 Å². The molecule has 29 heavy (non-hydrogen) atoms. The van der Waals surface area contributed by atoms with Gasteiger partial charge in [-0.05, 0) is 31.5 Å². The number of ether oxygens (including phenoxy) is 1. The summed E-state index contributed by atoms with van der Waals surface area (Å²) < 4.78 is 6.17. The first kappa shape index (κ1) is 19.2. The van der Waals surface area contributed by atoms with Gasteiger partial charge in [0, 0.05) is 5.56 Å². The number of rotatable bonds is 5. The zero-order valence-corrected chi connectivity index (χ0v) is 17.4. The minimum Gasteiger partial charge on any atom is -0.451 e. The maximum atomic E-state index is 12.4. The molecule has 0 saturated carbocycles. The average molecular weight is 424 g/mol. The van der Waals surface area contributed by atoms with Crippen LogP contribution in [-0.2, 0) is 9.53 Å². The molecule has 0 atom stereocenters. The summed E-state index contributed by atoms with van der Waals surface area (Å²) in [6.45, 7) is 3.37. The first-order valence-corrected chi connectivity index (χ1v) is 10.5. The van der Waals surface area contributed by atoms with Crippen molar-refractivity contribution in [2.75, 3.05) is 11.9 Å². The number of anilines is 1. The molecule has 0 unspecified atom stereocenters. The molecule has 0 saturated heterocycles. The summed E-state index contributed by atoms with van der Waals surface area (Å²) in [4.78, 5) is 33.8. The Bertz CT molecular complexity index is 1200. The van der Waals surface area contributed by atoms with E-state index in [4.69, 9.17) is 4.74 Å². The highest BCUT2D eigenvalue weighted by Crippen LogP contribution is 2.29. The fraction of sp³-hybridized carbons (Fsp3) is 0.143. The second-order valence-corrected chi connectivity index (χ2v) is 8.44. The molecule has 2 heterocycles. The van der Waals surface area contributed by atoms with Crippen molar-refractivity contribution in [1.82, 2.24) is 9.97 Å². The number of carbonyl (C=O) groups excluding carboxylic acids is 2. The maximum absolute atomic E-state index is 12.4. The fourth-order valence-corrected chi connectivity index (χ4v) is 4.67. The third kappa shape index (κ3) is 4.33. The number of amides is 1. The molecule has 0 bridgehead atoms. The number of aryl methyl sites for hydroxylation is 2. The van der Waals surface area contributed by atoms with Crippen molar-refractivity contribution >= 4 is 49.9 Å². The first-order valence-electron chi connectivity index (χ1n) is 8.86. The molecular formula is C21H17N3O3S2. The van der Waals surface area contributed by atoms with Gasteiger partial charge in [0.15, 0.2) is 11.7 Å². The zero-order valence-electron chi connectivity index (χ0n) is 15.8. The molecular weight excluding hydrogens is 406 g/mol. The van der Waals surface area contributed by atoms with E-state index < -0.39 is 11.9 Å². The van der Waals surface area contributed by atoms with Crippen LogP contribution >= 0.6 is 22.7 Å². The Kier molecular flexibility index (Phi) is 5.37. The van der Waals surface area contributed by atoms with Crippen LogP contribution in [0.1, 0.15) is 20.9 Å². The summed E-state index contributed by atoms with van der Waals surface area (Å²) in [6.07, 6.45) is 0. The Morgan fingerprint density at radius 3 is 2.62 bits per heavy atom. The van der Waals surface area contributed by atoms with E-state index in [1.54, 1.807) is 6.92 Å². The molecule has 0 radical (unpaired) electrons. The minimum atomic E-state index is -0.558. The number of hydrogen-bond donors (Lipinski definition) is 1. The number of esters is 1. The van der Waals surface area contributed by atoms with Crippen molar-refractivity contribution < 1.29 is 14.3 Å². The summed E-state index contributed by atoms with van der Waals surface area (Å²) in [5.41, 5.74) is 3.47. The lowest BCUT2D eigenvalue weighted by molar-refractivity contribution is -0.119. The minimum absolute atomic E-state index is 0.383. The number of fused-ring (bicyclic) bond motifs is 1. The highest BCUT2D eigenvalue weighted by atomic mass is 32.1. The number of carbonyl (C=O) groups is 2. The number of aromatic nitrogens is 2. The SMILES string of the molecule is Cc1ccc2nc(NC(=O)COC(=O)c3sc(-c4ccccc4)nc3C)sc2c1. The van der Waals surface area contributed by atoms with Crippen LogP contribution in [-0.4, -0.2) is 28.5 Å². The normalized spacial score (nSPS) is 10.8. The van der Waals surface area contributed by atoms with Crippen LogP contribution in [0.5, 0.6) is 0 Å². The van der Waals surface area contributed by atoms with Crippen molar-refractivity contribution in [3.63, 3.8) is 0 Å². The second kappa shape index (κ2) is 8.10. The molecule has 1 amide bonds. The smallest absolute Gasteiger partial charge is 0.350 e. The van der Waals surface area contributed by atoms with Crippen molar-refractivity contribution in [2.45, 2.75) is 13.8 Å². The molecule has 1 N–H and O–H groups in total. The fourth-order valence-electron chi connectivity index (χ4n) is 2.73. The lowest BCUT2D eigenvalue weighted by Gasteiger charge is -2.03. The van der Waals surface area contributed by atoms with Crippen molar-refractivity contribution in [3.05, 3.63) is 64.7 Å². The van der Waals surface area contributed by atoms with Gasteiger partial charge in [-0.15, -0.1) is 11.3 Å². The molecule has 4 rings (SSSR count). The highest BCUT2D eigenvalue weighted by molar-refractivity contribution is 7.22. The zero-order chi connectivity index (χ0) is 20.4. The van der Waals surface area contributed by atoms with Gasteiger partial charge in [-0.3, -0.25) is 10.1 Å². The molecule has 4 aromatic rings. The van der Waals surface area contributed by atoms with E-state index >= 15 is 0 Å². The van der Waals surface area contributed by atoms with Crippen molar-refractivity contribution in [3.8, 4) is 10.6 Å². The molecule has 2 aromatic heterocycles. The highest BCUT2D eigenvalue weighted by Gasteiger charge is 2.19. The maximum Gasteiger partial charge on any atom is 0.350 e. The van der Waals surface area contributed by atoms with Crippen LogP contribution in [0.25, 0.3) is 20.8 Å². The molecule has 0 fully saturated rings. The Labute approximate surface area is 175 Å². The Balaban J connectivity index is 1.39. The number of nitrogens with zero attached hydrogens (tertiary/aromatic N) is 2. The summed E-state index contributed by atoms with van der Waals surface area (Å²) in [5.74, 6) is -0.989. The van der Waals surface area contributed by atoms with Gasteiger partial charge in [-0.2, -0.15) is 0 Å². The summed E-state index contributed by atoms with van der Waals surface area (Å²) >= 11 is 2.64. The van der Waals surface area contributed by atoms with Crippen LogP contribution < -0.4 is 5.32 Å². The quantitative estimate of drug-likeness (QED) is 0.465. The number of thiazole rings is 2. The summed E-state index contributed by atoms with van der Waals surface area (Å²) in [5, 5.41) is 3.90. The lowest BCUT2D eigenvalue weighted by Crippen LogP contribution is -2.20. The van der Waals surface area contributed by atoms with Crippen molar-refractivity contribution in [1.29, 1.82) is 0 Å². The van der Waals surface area contributed by atoms with E-state index in [1.165, 1.54) is 22.7 Å². The van der Waals surface area contributed by atoms with Crippen LogP contribution in [0.15, 0.2) is 48.5 Å². The largest absolute Gasteiger partial charge is 0.451 e. The number of nitrogens with one attached hydrogen (secondary N) is 1. The topological polar surface area (TPSA) is 81.2 Å². The molecule has 0 aliphatic rings. The van der Waals surface area contributed by atoms with E-state index in [-0.39, 0.29) is 6.61 Å².